The third-order valence-electron chi connectivity index (χ3n) is 5.51. The molecule has 0 aromatic heterocycles. The van der Waals surface area contributed by atoms with Gasteiger partial charge >= 0.3 is 0 Å². The van der Waals surface area contributed by atoms with E-state index in [1.54, 1.807) is 0 Å². The zero-order valence-corrected chi connectivity index (χ0v) is 12.7. The first kappa shape index (κ1) is 13.5. The minimum absolute atomic E-state index is 0.141. The summed E-state index contributed by atoms with van der Waals surface area (Å²) in [7, 11) is 0. The van der Waals surface area contributed by atoms with Crippen LogP contribution in [0.2, 0.25) is 0 Å². The van der Waals surface area contributed by atoms with Gasteiger partial charge in [0.05, 0.1) is 0 Å². The summed E-state index contributed by atoms with van der Waals surface area (Å²) in [6.45, 7) is 4.06. The van der Waals surface area contributed by atoms with Crippen LogP contribution in [-0.4, -0.2) is 5.78 Å². The van der Waals surface area contributed by atoms with Gasteiger partial charge in [-0.3, -0.25) is 4.79 Å². The Balaban J connectivity index is 1.88. The van der Waals surface area contributed by atoms with Gasteiger partial charge in [0, 0.05) is 16.9 Å². The molecule has 0 bridgehead atoms. The molecule has 2 aliphatic rings. The summed E-state index contributed by atoms with van der Waals surface area (Å²) in [5.74, 6) is 0.462. The maximum atomic E-state index is 13.5. The molecule has 0 saturated carbocycles. The van der Waals surface area contributed by atoms with E-state index in [9.17, 15) is 4.79 Å². The van der Waals surface area contributed by atoms with Crippen molar-refractivity contribution >= 4 is 5.78 Å². The van der Waals surface area contributed by atoms with Crippen LogP contribution < -0.4 is 0 Å². The monoisotopic (exact) mass is 288 g/mol. The number of Topliss-reactive ketones (excluding diaryl/α,β-unsaturated/α-hetero) is 1. The molecule has 0 heterocycles. The highest BCUT2D eigenvalue weighted by molar-refractivity contribution is 6.03. The highest BCUT2D eigenvalue weighted by Gasteiger charge is 2.50. The molecule has 2 aromatic rings. The molecule has 22 heavy (non-hydrogen) atoms. The van der Waals surface area contributed by atoms with E-state index in [0.717, 1.165) is 31.2 Å². The number of carbonyl (C=O) groups excluding carboxylic acids is 1. The molecule has 1 spiro atoms. The largest absolute Gasteiger partial charge is 0.293 e. The first-order chi connectivity index (χ1) is 10.8. The topological polar surface area (TPSA) is 17.1 Å². The molecule has 0 N–H and O–H groups in total. The summed E-state index contributed by atoms with van der Waals surface area (Å²) in [6.07, 6.45) is 5.88. The standard InChI is InChI=1S/C21H20O/c1-2-19-17-11-5-4-9-16(17)14-21(19)13-7-10-15-8-3-6-12-18(15)20(21)22/h2-6,8-9,11-12,19H,1,7,10,13-14H2/t19-,21-/m1/s1. The van der Waals surface area contributed by atoms with Gasteiger partial charge in [0.25, 0.3) is 0 Å². The van der Waals surface area contributed by atoms with E-state index in [2.05, 4.69) is 36.9 Å². The van der Waals surface area contributed by atoms with Crippen LogP contribution in [0.15, 0.2) is 61.2 Å². The first-order valence-corrected chi connectivity index (χ1v) is 8.09. The predicted octanol–water partition coefficient (Wildman–Crippen LogP) is 4.72. The number of fused-ring (bicyclic) bond motifs is 2. The highest BCUT2D eigenvalue weighted by atomic mass is 16.1. The highest BCUT2D eigenvalue weighted by Crippen LogP contribution is 2.53. The number of ketones is 1. The number of allylic oxidation sites excluding steroid dienone is 1. The van der Waals surface area contributed by atoms with Crippen molar-refractivity contribution in [3.05, 3.63) is 83.4 Å². The smallest absolute Gasteiger partial charge is 0.170 e. The Morgan fingerprint density at radius 3 is 2.59 bits per heavy atom. The van der Waals surface area contributed by atoms with Gasteiger partial charge in [-0.05, 0) is 42.4 Å². The zero-order chi connectivity index (χ0) is 15.2. The zero-order valence-electron chi connectivity index (χ0n) is 12.7. The quantitative estimate of drug-likeness (QED) is 0.694. The van der Waals surface area contributed by atoms with Crippen molar-refractivity contribution in [1.29, 1.82) is 0 Å². The summed E-state index contributed by atoms with van der Waals surface area (Å²) < 4.78 is 0. The Bertz CT molecular complexity index is 758. The van der Waals surface area contributed by atoms with E-state index in [1.807, 2.05) is 24.3 Å². The number of benzene rings is 2. The van der Waals surface area contributed by atoms with E-state index < -0.39 is 0 Å². The van der Waals surface area contributed by atoms with E-state index in [1.165, 1.54) is 16.7 Å². The fourth-order valence-corrected chi connectivity index (χ4v) is 4.50. The Labute approximate surface area is 131 Å². The summed E-state index contributed by atoms with van der Waals surface area (Å²) in [5.41, 5.74) is 4.44. The third kappa shape index (κ3) is 1.75. The Morgan fingerprint density at radius 2 is 1.77 bits per heavy atom. The fraction of sp³-hybridized carbons (Fsp3) is 0.286. The van der Waals surface area contributed by atoms with Crippen LogP contribution >= 0.6 is 0 Å². The lowest BCUT2D eigenvalue weighted by atomic mass is 9.69. The van der Waals surface area contributed by atoms with E-state index in [-0.39, 0.29) is 11.3 Å². The van der Waals surface area contributed by atoms with Crippen LogP contribution in [0.1, 0.15) is 45.8 Å². The van der Waals surface area contributed by atoms with E-state index in [0.29, 0.717) is 5.78 Å². The van der Waals surface area contributed by atoms with Gasteiger partial charge in [0.2, 0.25) is 0 Å². The first-order valence-electron chi connectivity index (χ1n) is 8.09. The molecule has 110 valence electrons. The summed E-state index contributed by atoms with van der Waals surface area (Å²) in [6, 6.07) is 16.6. The number of hydrogen-bond acceptors (Lipinski definition) is 1. The van der Waals surface area contributed by atoms with Crippen molar-refractivity contribution in [3.8, 4) is 0 Å². The lowest BCUT2D eigenvalue weighted by molar-refractivity contribution is 0.0770. The van der Waals surface area contributed by atoms with Gasteiger partial charge in [-0.1, -0.05) is 54.6 Å². The van der Waals surface area contributed by atoms with Gasteiger partial charge in [-0.2, -0.15) is 0 Å². The second-order valence-corrected chi connectivity index (χ2v) is 6.58. The molecule has 0 radical (unpaired) electrons. The van der Waals surface area contributed by atoms with Crippen molar-refractivity contribution < 1.29 is 4.79 Å². The number of hydrogen-bond donors (Lipinski definition) is 0. The van der Waals surface area contributed by atoms with E-state index in [4.69, 9.17) is 0 Å². The second-order valence-electron chi connectivity index (χ2n) is 6.58. The molecule has 0 unspecified atom stereocenters. The maximum absolute atomic E-state index is 13.5. The van der Waals surface area contributed by atoms with Crippen LogP contribution in [0.3, 0.4) is 0 Å². The maximum Gasteiger partial charge on any atom is 0.170 e. The fourth-order valence-electron chi connectivity index (χ4n) is 4.50. The molecule has 0 saturated heterocycles. The number of rotatable bonds is 1. The van der Waals surface area contributed by atoms with Gasteiger partial charge in [-0.15, -0.1) is 6.58 Å². The average Bonchev–Trinajstić information content (AvgIpc) is 2.81. The van der Waals surface area contributed by atoms with Crippen LogP contribution in [0.4, 0.5) is 0 Å². The van der Waals surface area contributed by atoms with Gasteiger partial charge < -0.3 is 0 Å². The molecule has 1 nitrogen and oxygen atoms in total. The average molecular weight is 288 g/mol. The van der Waals surface area contributed by atoms with Crippen LogP contribution in [0.25, 0.3) is 0 Å². The van der Waals surface area contributed by atoms with Crippen molar-refractivity contribution in [1.82, 2.24) is 0 Å². The summed E-state index contributed by atoms with van der Waals surface area (Å²) >= 11 is 0. The van der Waals surface area contributed by atoms with Crippen molar-refractivity contribution in [2.75, 3.05) is 0 Å². The lowest BCUT2D eigenvalue weighted by Crippen LogP contribution is -2.34. The molecular formula is C21H20O. The van der Waals surface area contributed by atoms with Gasteiger partial charge in [-0.25, -0.2) is 0 Å². The Morgan fingerprint density at radius 1 is 1.05 bits per heavy atom. The normalized spacial score (nSPS) is 26.4. The molecule has 1 heteroatoms. The molecule has 2 aliphatic carbocycles. The minimum atomic E-state index is -0.321. The van der Waals surface area contributed by atoms with Crippen molar-refractivity contribution in [3.63, 3.8) is 0 Å². The van der Waals surface area contributed by atoms with Crippen LogP contribution in [0, 0.1) is 5.41 Å². The Hall–Kier alpha value is -2.15. The van der Waals surface area contributed by atoms with E-state index >= 15 is 0 Å². The van der Waals surface area contributed by atoms with Gasteiger partial charge in [0.1, 0.15) is 0 Å². The lowest BCUT2D eigenvalue weighted by Gasteiger charge is -2.32. The number of carbonyl (C=O) groups is 1. The van der Waals surface area contributed by atoms with Crippen LogP contribution in [-0.2, 0) is 12.8 Å². The second kappa shape index (κ2) is 4.95. The summed E-state index contributed by atoms with van der Waals surface area (Å²) in [4.78, 5) is 13.5. The number of aryl methyl sites for hydroxylation is 1. The molecule has 4 rings (SSSR count). The van der Waals surface area contributed by atoms with Crippen molar-refractivity contribution in [2.45, 2.75) is 31.6 Å². The molecule has 0 amide bonds. The third-order valence-corrected chi connectivity index (χ3v) is 5.51. The summed E-state index contributed by atoms with van der Waals surface area (Å²) in [5, 5.41) is 0. The molecule has 0 aliphatic heterocycles. The molecule has 0 fully saturated rings. The van der Waals surface area contributed by atoms with Crippen LogP contribution in [0.5, 0.6) is 0 Å². The Kier molecular flexibility index (Phi) is 3.04. The molecule has 2 atom stereocenters. The minimum Gasteiger partial charge on any atom is -0.293 e. The van der Waals surface area contributed by atoms with Crippen molar-refractivity contribution in [2.24, 2.45) is 5.41 Å². The van der Waals surface area contributed by atoms with Gasteiger partial charge in [0.15, 0.2) is 5.78 Å². The SMILES string of the molecule is C=C[C@@H]1c2ccccc2C[C@]12CCCc1ccccc1C2=O. The predicted molar refractivity (Wildman–Crippen MR) is 89.2 cm³/mol. The molecule has 2 aromatic carbocycles. The molecular weight excluding hydrogens is 268 g/mol.